The SMILES string of the molecule is CN1CCC(CNS(=O)(=O)c2ccc(Cl)c(CO)c2Cl)C1. The van der Waals surface area contributed by atoms with Crippen molar-refractivity contribution in [1.82, 2.24) is 9.62 Å². The van der Waals surface area contributed by atoms with Crippen LogP contribution in [-0.2, 0) is 16.6 Å². The molecule has 0 bridgehead atoms. The lowest BCUT2D eigenvalue weighted by molar-refractivity contribution is 0.281. The highest BCUT2D eigenvalue weighted by atomic mass is 35.5. The van der Waals surface area contributed by atoms with E-state index in [1.54, 1.807) is 0 Å². The Kier molecular flexibility index (Phi) is 5.51. The quantitative estimate of drug-likeness (QED) is 0.846. The molecule has 118 valence electrons. The Labute approximate surface area is 134 Å². The fourth-order valence-electron chi connectivity index (χ4n) is 2.43. The minimum absolute atomic E-state index is 0.0268. The molecule has 21 heavy (non-hydrogen) atoms. The van der Waals surface area contributed by atoms with Gasteiger partial charge < -0.3 is 10.0 Å². The van der Waals surface area contributed by atoms with Crippen molar-refractivity contribution in [1.29, 1.82) is 0 Å². The molecule has 0 spiro atoms. The smallest absolute Gasteiger partial charge is 0.242 e. The van der Waals surface area contributed by atoms with Crippen LogP contribution in [0, 0.1) is 5.92 Å². The largest absolute Gasteiger partial charge is 0.392 e. The summed E-state index contributed by atoms with van der Waals surface area (Å²) in [7, 11) is -1.70. The Morgan fingerprint density at radius 3 is 2.71 bits per heavy atom. The summed E-state index contributed by atoms with van der Waals surface area (Å²) in [6.07, 6.45) is 0.968. The molecule has 1 aromatic rings. The van der Waals surface area contributed by atoms with E-state index >= 15 is 0 Å². The minimum atomic E-state index is -3.72. The molecule has 0 aromatic heterocycles. The maximum atomic E-state index is 12.3. The molecule has 8 heteroatoms. The van der Waals surface area contributed by atoms with Gasteiger partial charge in [0, 0.05) is 23.7 Å². The predicted molar refractivity (Wildman–Crippen MR) is 83.2 cm³/mol. The van der Waals surface area contributed by atoms with Crippen LogP contribution in [0.5, 0.6) is 0 Å². The normalized spacial score (nSPS) is 20.1. The van der Waals surface area contributed by atoms with Crippen molar-refractivity contribution in [3.05, 3.63) is 27.7 Å². The number of benzene rings is 1. The zero-order chi connectivity index (χ0) is 15.6. The van der Waals surface area contributed by atoms with E-state index in [2.05, 4.69) is 9.62 Å². The van der Waals surface area contributed by atoms with E-state index in [1.165, 1.54) is 12.1 Å². The van der Waals surface area contributed by atoms with Crippen LogP contribution in [0.25, 0.3) is 0 Å². The van der Waals surface area contributed by atoms with E-state index < -0.39 is 16.6 Å². The molecule has 0 aliphatic carbocycles. The maximum absolute atomic E-state index is 12.3. The van der Waals surface area contributed by atoms with Crippen LogP contribution in [0.3, 0.4) is 0 Å². The molecular weight excluding hydrogens is 335 g/mol. The number of sulfonamides is 1. The monoisotopic (exact) mass is 352 g/mol. The Morgan fingerprint density at radius 2 is 2.14 bits per heavy atom. The zero-order valence-electron chi connectivity index (χ0n) is 11.6. The van der Waals surface area contributed by atoms with Crippen molar-refractivity contribution >= 4 is 33.2 Å². The maximum Gasteiger partial charge on any atom is 0.242 e. The van der Waals surface area contributed by atoms with Gasteiger partial charge in [-0.15, -0.1) is 0 Å². The van der Waals surface area contributed by atoms with Crippen LogP contribution in [-0.4, -0.2) is 45.1 Å². The molecule has 0 amide bonds. The van der Waals surface area contributed by atoms with Crippen molar-refractivity contribution in [3.63, 3.8) is 0 Å². The number of halogens is 2. The standard InChI is InChI=1S/C13H18Cl2N2O3S/c1-17-5-4-9(7-17)6-16-21(19,20)12-3-2-11(14)10(8-18)13(12)15/h2-3,9,16,18H,4-8H2,1H3. The Bertz CT molecular complexity index is 622. The molecule has 1 saturated heterocycles. The molecule has 2 N–H and O–H groups in total. The highest BCUT2D eigenvalue weighted by molar-refractivity contribution is 7.89. The lowest BCUT2D eigenvalue weighted by Gasteiger charge is -2.14. The van der Waals surface area contributed by atoms with Crippen molar-refractivity contribution in [2.45, 2.75) is 17.9 Å². The number of hydrogen-bond acceptors (Lipinski definition) is 4. The summed E-state index contributed by atoms with van der Waals surface area (Å²) in [6.45, 7) is 1.82. The number of nitrogens with one attached hydrogen (secondary N) is 1. The molecule has 1 aliphatic rings. The van der Waals surface area contributed by atoms with Crippen LogP contribution in [0.2, 0.25) is 10.0 Å². The summed E-state index contributed by atoms with van der Waals surface area (Å²) in [5, 5.41) is 9.45. The number of nitrogens with zero attached hydrogens (tertiary/aromatic N) is 1. The van der Waals surface area contributed by atoms with Gasteiger partial charge in [0.2, 0.25) is 10.0 Å². The lowest BCUT2D eigenvalue weighted by atomic mass is 10.1. The van der Waals surface area contributed by atoms with Gasteiger partial charge in [-0.3, -0.25) is 0 Å². The zero-order valence-corrected chi connectivity index (χ0v) is 14.0. The van der Waals surface area contributed by atoms with E-state index in [9.17, 15) is 13.5 Å². The molecule has 0 radical (unpaired) electrons. The van der Waals surface area contributed by atoms with Gasteiger partial charge in [-0.25, -0.2) is 13.1 Å². The first-order valence-corrected chi connectivity index (χ1v) is 8.85. The molecule has 1 aliphatic heterocycles. The molecule has 0 saturated carbocycles. The van der Waals surface area contributed by atoms with E-state index in [0.717, 1.165) is 19.5 Å². The summed E-state index contributed by atoms with van der Waals surface area (Å²) in [6, 6.07) is 2.78. The minimum Gasteiger partial charge on any atom is -0.392 e. The highest BCUT2D eigenvalue weighted by Crippen LogP contribution is 2.31. The number of likely N-dealkylation sites (tertiary alicyclic amines) is 1. The first-order valence-electron chi connectivity index (χ1n) is 6.61. The van der Waals surface area contributed by atoms with Crippen LogP contribution in [0.4, 0.5) is 0 Å². The summed E-state index contributed by atoms with van der Waals surface area (Å²) in [5.74, 6) is 0.299. The van der Waals surface area contributed by atoms with Crippen molar-refractivity contribution in [3.8, 4) is 0 Å². The van der Waals surface area contributed by atoms with Gasteiger partial charge in [0.1, 0.15) is 4.90 Å². The fraction of sp³-hybridized carbons (Fsp3) is 0.538. The van der Waals surface area contributed by atoms with Gasteiger partial charge in [-0.05, 0) is 38.1 Å². The Morgan fingerprint density at radius 1 is 1.43 bits per heavy atom. The van der Waals surface area contributed by atoms with Crippen molar-refractivity contribution in [2.75, 3.05) is 26.7 Å². The number of rotatable bonds is 5. The van der Waals surface area contributed by atoms with Crippen molar-refractivity contribution in [2.24, 2.45) is 5.92 Å². The summed E-state index contributed by atoms with van der Waals surface area (Å²) in [4.78, 5) is 2.11. The molecular formula is C13H18Cl2N2O3S. The summed E-state index contributed by atoms with van der Waals surface area (Å²) in [5.41, 5.74) is 0.224. The topological polar surface area (TPSA) is 69.6 Å². The Hall–Kier alpha value is -0.370. The predicted octanol–water partition coefficient (Wildman–Crippen LogP) is 1.72. The average Bonchev–Trinajstić information content (AvgIpc) is 2.83. The second kappa shape index (κ2) is 6.81. The van der Waals surface area contributed by atoms with Crippen LogP contribution in [0.15, 0.2) is 17.0 Å². The number of aliphatic hydroxyl groups excluding tert-OH is 1. The molecule has 5 nitrogen and oxygen atoms in total. The lowest BCUT2D eigenvalue weighted by Crippen LogP contribution is -2.30. The van der Waals surface area contributed by atoms with Gasteiger partial charge in [0.05, 0.1) is 11.6 Å². The highest BCUT2D eigenvalue weighted by Gasteiger charge is 2.25. The summed E-state index contributed by atoms with van der Waals surface area (Å²) < 4.78 is 27.3. The van der Waals surface area contributed by atoms with E-state index in [0.29, 0.717) is 12.5 Å². The summed E-state index contributed by atoms with van der Waals surface area (Å²) >= 11 is 11.9. The van der Waals surface area contributed by atoms with E-state index in [4.69, 9.17) is 23.2 Å². The molecule has 1 aromatic carbocycles. The van der Waals surface area contributed by atoms with Crippen LogP contribution >= 0.6 is 23.2 Å². The Balaban J connectivity index is 2.16. The number of aliphatic hydroxyl groups is 1. The second-order valence-electron chi connectivity index (χ2n) is 5.27. The molecule has 1 fully saturated rings. The first-order chi connectivity index (χ1) is 9.85. The van der Waals surface area contributed by atoms with E-state index in [-0.39, 0.29) is 20.5 Å². The van der Waals surface area contributed by atoms with Gasteiger partial charge in [0.25, 0.3) is 0 Å². The van der Waals surface area contributed by atoms with Crippen molar-refractivity contribution < 1.29 is 13.5 Å². The third-order valence-electron chi connectivity index (χ3n) is 3.65. The third kappa shape index (κ3) is 3.88. The van der Waals surface area contributed by atoms with Gasteiger partial charge >= 0.3 is 0 Å². The second-order valence-corrected chi connectivity index (χ2v) is 7.79. The average molecular weight is 353 g/mol. The molecule has 1 atom stereocenters. The van der Waals surface area contributed by atoms with Crippen LogP contribution < -0.4 is 4.72 Å². The van der Waals surface area contributed by atoms with Gasteiger partial charge in [0.15, 0.2) is 0 Å². The molecule has 1 unspecified atom stereocenters. The van der Waals surface area contributed by atoms with Gasteiger partial charge in [-0.1, -0.05) is 23.2 Å². The van der Waals surface area contributed by atoms with Gasteiger partial charge in [-0.2, -0.15) is 0 Å². The fourth-order valence-corrected chi connectivity index (χ4v) is 4.44. The molecule has 2 rings (SSSR count). The third-order valence-corrected chi connectivity index (χ3v) is 6.01. The molecule has 1 heterocycles. The van der Waals surface area contributed by atoms with E-state index in [1.807, 2.05) is 7.05 Å². The van der Waals surface area contributed by atoms with Crippen LogP contribution in [0.1, 0.15) is 12.0 Å². The number of hydrogen-bond donors (Lipinski definition) is 2. The first kappa shape index (κ1) is 17.0.